The first-order valence-corrected chi connectivity index (χ1v) is 10.3. The van der Waals surface area contributed by atoms with Crippen LogP contribution in [0.5, 0.6) is 0 Å². The molecular weight excluding hydrogens is 372 g/mol. The summed E-state index contributed by atoms with van der Waals surface area (Å²) in [4.78, 5) is 26.3. The number of benzene rings is 1. The Labute approximate surface area is 158 Å². The number of thiophene rings is 1. The second-order valence-electron chi connectivity index (χ2n) is 6.12. The maximum Gasteiger partial charge on any atom is 0.243 e. The van der Waals surface area contributed by atoms with E-state index in [1.54, 1.807) is 18.4 Å². The summed E-state index contributed by atoms with van der Waals surface area (Å²) in [5, 5.41) is 1.96. The summed E-state index contributed by atoms with van der Waals surface area (Å²) in [6, 6.07) is 7.68. The number of sulfonamides is 1. The number of hydrogen-bond donors (Lipinski definition) is 0. The first-order chi connectivity index (χ1) is 12.1. The van der Waals surface area contributed by atoms with Gasteiger partial charge in [-0.2, -0.15) is 4.31 Å². The molecule has 8 heteroatoms. The minimum Gasteiger partial charge on any atom is -0.339 e. The van der Waals surface area contributed by atoms with Crippen LogP contribution in [0.1, 0.15) is 27.7 Å². The normalized spacial score (nSPS) is 11.6. The molecule has 0 bridgehead atoms. The van der Waals surface area contributed by atoms with Gasteiger partial charge in [0.15, 0.2) is 5.78 Å². The molecule has 6 nitrogen and oxygen atoms in total. The van der Waals surface area contributed by atoms with Crippen molar-refractivity contribution in [3.8, 4) is 0 Å². The molecule has 0 atom stereocenters. The van der Waals surface area contributed by atoms with Gasteiger partial charge < -0.3 is 4.90 Å². The molecule has 2 aromatic rings. The van der Waals surface area contributed by atoms with E-state index in [2.05, 4.69) is 0 Å². The monoisotopic (exact) mass is 394 g/mol. The lowest BCUT2D eigenvalue weighted by atomic mass is 10.2. The minimum absolute atomic E-state index is 0.0505. The van der Waals surface area contributed by atoms with E-state index in [1.165, 1.54) is 43.1 Å². The van der Waals surface area contributed by atoms with E-state index in [9.17, 15) is 18.0 Å². The van der Waals surface area contributed by atoms with Crippen LogP contribution >= 0.6 is 11.3 Å². The lowest BCUT2D eigenvalue weighted by Crippen LogP contribution is -2.39. The fourth-order valence-corrected chi connectivity index (χ4v) is 4.39. The molecule has 0 aliphatic heterocycles. The highest BCUT2D eigenvalue weighted by molar-refractivity contribution is 7.89. The molecular formula is C18H22N2O4S2. The van der Waals surface area contributed by atoms with Gasteiger partial charge in [-0.3, -0.25) is 9.59 Å². The number of likely N-dealkylation sites (N-methyl/N-ethyl adjacent to an activating group) is 2. The van der Waals surface area contributed by atoms with E-state index in [4.69, 9.17) is 0 Å². The molecule has 2 rings (SSSR count). The number of carbonyl (C=O) groups excluding carboxylic acids is 2. The molecule has 1 heterocycles. The van der Waals surface area contributed by atoms with E-state index in [0.29, 0.717) is 12.1 Å². The standard InChI is InChI=1S/C18H22N2O4S2/c1-13-9-10-25-17(13)11-19(3)18(22)12-20(4)26(23,24)16-7-5-15(6-8-16)14(2)21/h5-10H,11-12H2,1-4H3. The molecule has 26 heavy (non-hydrogen) atoms. The summed E-state index contributed by atoms with van der Waals surface area (Å²) in [7, 11) is -0.775. The van der Waals surface area contributed by atoms with E-state index in [-0.39, 0.29) is 23.1 Å². The molecule has 140 valence electrons. The molecule has 0 saturated carbocycles. The summed E-state index contributed by atoms with van der Waals surface area (Å²) < 4.78 is 26.3. The number of carbonyl (C=O) groups is 2. The third-order valence-electron chi connectivity index (χ3n) is 4.10. The first kappa shape index (κ1) is 20.3. The van der Waals surface area contributed by atoms with Crippen LogP contribution in [0.2, 0.25) is 0 Å². The van der Waals surface area contributed by atoms with Gasteiger partial charge in [-0.15, -0.1) is 11.3 Å². The number of rotatable bonds is 7. The van der Waals surface area contributed by atoms with Gasteiger partial charge in [0.1, 0.15) is 0 Å². The largest absolute Gasteiger partial charge is 0.339 e. The number of hydrogen-bond acceptors (Lipinski definition) is 5. The highest BCUT2D eigenvalue weighted by Crippen LogP contribution is 2.18. The summed E-state index contributed by atoms with van der Waals surface area (Å²) in [6.07, 6.45) is 0. The number of ketones is 1. The lowest BCUT2D eigenvalue weighted by Gasteiger charge is -2.22. The number of Topliss-reactive ketones (excluding diaryl/α,β-unsaturated/α-hetero) is 1. The maximum absolute atomic E-state index is 12.6. The summed E-state index contributed by atoms with van der Waals surface area (Å²) >= 11 is 1.57. The zero-order valence-corrected chi connectivity index (χ0v) is 16.9. The second-order valence-corrected chi connectivity index (χ2v) is 9.16. The van der Waals surface area contributed by atoms with Gasteiger partial charge >= 0.3 is 0 Å². The van der Waals surface area contributed by atoms with Crippen molar-refractivity contribution in [3.05, 3.63) is 51.7 Å². The Morgan fingerprint density at radius 1 is 1.08 bits per heavy atom. The Bertz CT molecular complexity index is 902. The molecule has 0 unspecified atom stereocenters. The van der Waals surface area contributed by atoms with Gasteiger partial charge in [-0.05, 0) is 43.0 Å². The average Bonchev–Trinajstić information content (AvgIpc) is 2.99. The van der Waals surface area contributed by atoms with Gasteiger partial charge in [0.2, 0.25) is 15.9 Å². The SMILES string of the molecule is CC(=O)c1ccc(S(=O)(=O)N(C)CC(=O)N(C)Cc2sccc2C)cc1. The Kier molecular flexibility index (Phi) is 6.33. The molecule has 0 aliphatic rings. The number of aryl methyl sites for hydroxylation is 1. The quantitative estimate of drug-likeness (QED) is 0.677. The zero-order valence-electron chi connectivity index (χ0n) is 15.2. The molecule has 0 N–H and O–H groups in total. The number of amides is 1. The van der Waals surface area contributed by atoms with Crippen LogP contribution in [0, 0.1) is 6.92 Å². The van der Waals surface area contributed by atoms with Crippen LogP contribution < -0.4 is 0 Å². The molecule has 0 radical (unpaired) electrons. The van der Waals surface area contributed by atoms with Crippen molar-refractivity contribution < 1.29 is 18.0 Å². The van der Waals surface area contributed by atoms with Crippen LogP contribution in [0.15, 0.2) is 40.6 Å². The summed E-state index contributed by atoms with van der Waals surface area (Å²) in [6.45, 7) is 3.59. The fourth-order valence-electron chi connectivity index (χ4n) is 2.31. The second kappa shape index (κ2) is 8.11. The fraction of sp³-hybridized carbons (Fsp3) is 0.333. The Morgan fingerprint density at radius 3 is 2.19 bits per heavy atom. The van der Waals surface area contributed by atoms with E-state index in [1.807, 2.05) is 18.4 Å². The smallest absolute Gasteiger partial charge is 0.243 e. The lowest BCUT2D eigenvalue weighted by molar-refractivity contribution is -0.130. The van der Waals surface area contributed by atoms with Gasteiger partial charge in [0, 0.05) is 24.5 Å². The summed E-state index contributed by atoms with van der Waals surface area (Å²) in [5.74, 6) is -0.424. The van der Waals surface area contributed by atoms with Crippen LogP contribution in [-0.4, -0.2) is 50.0 Å². The third-order valence-corrected chi connectivity index (χ3v) is 6.93. The first-order valence-electron chi connectivity index (χ1n) is 7.97. The molecule has 0 aliphatic carbocycles. The van der Waals surface area contributed by atoms with Gasteiger partial charge in [-0.1, -0.05) is 12.1 Å². The van der Waals surface area contributed by atoms with Crippen LogP contribution in [0.4, 0.5) is 0 Å². The van der Waals surface area contributed by atoms with Crippen molar-refractivity contribution in [2.24, 2.45) is 0 Å². The van der Waals surface area contributed by atoms with Crippen LogP contribution in [-0.2, 0) is 21.4 Å². The van der Waals surface area contributed by atoms with E-state index < -0.39 is 10.0 Å². The van der Waals surface area contributed by atoms with Gasteiger partial charge in [-0.25, -0.2) is 8.42 Å². The topological polar surface area (TPSA) is 74.8 Å². The zero-order chi connectivity index (χ0) is 19.5. The van der Waals surface area contributed by atoms with Crippen molar-refractivity contribution >= 4 is 33.1 Å². The van der Waals surface area contributed by atoms with Crippen molar-refractivity contribution in [2.45, 2.75) is 25.3 Å². The average molecular weight is 395 g/mol. The maximum atomic E-state index is 12.6. The van der Waals surface area contributed by atoms with E-state index >= 15 is 0 Å². The predicted molar refractivity (Wildman–Crippen MR) is 102 cm³/mol. The van der Waals surface area contributed by atoms with Crippen LogP contribution in [0.3, 0.4) is 0 Å². The molecule has 1 aromatic heterocycles. The van der Waals surface area contributed by atoms with Gasteiger partial charge in [0.25, 0.3) is 0 Å². The Balaban J connectivity index is 2.07. The third kappa shape index (κ3) is 4.57. The molecule has 0 saturated heterocycles. The summed E-state index contributed by atoms with van der Waals surface area (Å²) in [5.41, 5.74) is 1.55. The minimum atomic E-state index is -3.80. The van der Waals surface area contributed by atoms with Crippen molar-refractivity contribution in [3.63, 3.8) is 0 Å². The van der Waals surface area contributed by atoms with Crippen molar-refractivity contribution in [2.75, 3.05) is 20.6 Å². The molecule has 0 spiro atoms. The Hall–Kier alpha value is -2.03. The molecule has 0 fully saturated rings. The predicted octanol–water partition coefficient (Wildman–Crippen LogP) is 2.54. The van der Waals surface area contributed by atoms with Crippen molar-refractivity contribution in [1.29, 1.82) is 0 Å². The van der Waals surface area contributed by atoms with Crippen molar-refractivity contribution in [1.82, 2.24) is 9.21 Å². The highest BCUT2D eigenvalue weighted by Gasteiger charge is 2.24. The number of nitrogens with zero attached hydrogens (tertiary/aromatic N) is 2. The van der Waals surface area contributed by atoms with Gasteiger partial charge in [0.05, 0.1) is 18.0 Å². The molecule has 1 aromatic carbocycles. The highest BCUT2D eigenvalue weighted by atomic mass is 32.2. The van der Waals surface area contributed by atoms with E-state index in [0.717, 1.165) is 14.7 Å². The molecule has 1 amide bonds. The van der Waals surface area contributed by atoms with Crippen LogP contribution in [0.25, 0.3) is 0 Å². The Morgan fingerprint density at radius 2 is 1.69 bits per heavy atom.